The monoisotopic (exact) mass is 233 g/mol. The lowest BCUT2D eigenvalue weighted by molar-refractivity contribution is 0.367. The highest BCUT2D eigenvalue weighted by Gasteiger charge is 2.26. The predicted octanol–water partition coefficient (Wildman–Crippen LogP) is 5.11. The van der Waals surface area contributed by atoms with Crippen molar-refractivity contribution < 1.29 is 0 Å². The molecule has 0 aliphatic rings. The molecule has 0 amide bonds. The molecule has 1 aromatic heterocycles. The molecule has 0 N–H and O–H groups in total. The molecule has 0 aliphatic carbocycles. The molecule has 0 saturated carbocycles. The van der Waals surface area contributed by atoms with E-state index in [2.05, 4.69) is 37.9 Å². The molecule has 1 aromatic rings. The smallest absolute Gasteiger partial charge is 0.0462 e. The van der Waals surface area contributed by atoms with Crippen LogP contribution in [0.5, 0.6) is 0 Å². The molecule has 1 heteroatoms. The van der Waals surface area contributed by atoms with E-state index in [1.165, 1.54) is 50.6 Å². The summed E-state index contributed by atoms with van der Waals surface area (Å²) < 4.78 is 0. The van der Waals surface area contributed by atoms with Gasteiger partial charge in [0.2, 0.25) is 0 Å². The van der Waals surface area contributed by atoms with Crippen LogP contribution < -0.4 is 0 Å². The van der Waals surface area contributed by atoms with E-state index >= 15 is 0 Å². The summed E-state index contributed by atoms with van der Waals surface area (Å²) >= 11 is 0. The molecule has 17 heavy (non-hydrogen) atoms. The number of hydrogen-bond acceptors (Lipinski definition) is 1. The van der Waals surface area contributed by atoms with Crippen molar-refractivity contribution in [3.8, 4) is 0 Å². The van der Waals surface area contributed by atoms with E-state index in [1.54, 1.807) is 0 Å². The van der Waals surface area contributed by atoms with E-state index in [9.17, 15) is 0 Å². The molecule has 0 radical (unpaired) electrons. The fraction of sp³-hybridized carbons (Fsp3) is 0.688. The summed E-state index contributed by atoms with van der Waals surface area (Å²) in [5, 5.41) is 0. The number of rotatable bonds is 8. The second kappa shape index (κ2) is 7.47. The topological polar surface area (TPSA) is 12.9 Å². The zero-order valence-corrected chi connectivity index (χ0v) is 11.7. The Morgan fingerprint density at radius 3 is 2.41 bits per heavy atom. The first-order valence-electron chi connectivity index (χ1n) is 7.14. The molecule has 1 nitrogen and oxygen atoms in total. The molecule has 1 rings (SSSR count). The molecule has 0 saturated heterocycles. The number of aromatic nitrogens is 1. The second-order valence-corrected chi connectivity index (χ2v) is 5.34. The maximum atomic E-state index is 4.57. The van der Waals surface area contributed by atoms with Crippen LogP contribution in [0.4, 0.5) is 0 Å². The molecule has 0 aliphatic heterocycles. The van der Waals surface area contributed by atoms with Crippen LogP contribution in [-0.4, -0.2) is 4.98 Å². The zero-order chi connectivity index (χ0) is 12.6. The third-order valence-electron chi connectivity index (χ3n) is 3.67. The van der Waals surface area contributed by atoms with Crippen molar-refractivity contribution >= 4 is 0 Å². The van der Waals surface area contributed by atoms with Crippen LogP contribution in [0.15, 0.2) is 24.4 Å². The van der Waals surface area contributed by atoms with Gasteiger partial charge in [-0.1, -0.05) is 58.9 Å². The Morgan fingerprint density at radius 1 is 1.00 bits per heavy atom. The first-order chi connectivity index (χ1) is 8.23. The number of unbranched alkanes of at least 4 members (excludes halogenated alkanes) is 3. The zero-order valence-electron chi connectivity index (χ0n) is 11.7. The summed E-state index contributed by atoms with van der Waals surface area (Å²) in [5.74, 6) is 0. The first kappa shape index (κ1) is 14.2. The third-order valence-corrected chi connectivity index (χ3v) is 3.67. The van der Waals surface area contributed by atoms with Gasteiger partial charge in [-0.2, -0.15) is 0 Å². The molecule has 0 fully saturated rings. The van der Waals surface area contributed by atoms with Gasteiger partial charge in [0.05, 0.1) is 0 Å². The van der Waals surface area contributed by atoms with Crippen LogP contribution in [0.1, 0.15) is 71.4 Å². The Kier molecular flexibility index (Phi) is 6.25. The average Bonchev–Trinajstić information content (AvgIpc) is 2.36. The quantitative estimate of drug-likeness (QED) is 0.569. The van der Waals surface area contributed by atoms with Crippen LogP contribution in [-0.2, 0) is 5.41 Å². The van der Waals surface area contributed by atoms with E-state index in [1.807, 2.05) is 12.3 Å². The van der Waals surface area contributed by atoms with Crippen molar-refractivity contribution in [2.45, 2.75) is 71.1 Å². The fourth-order valence-electron chi connectivity index (χ4n) is 2.59. The van der Waals surface area contributed by atoms with Gasteiger partial charge < -0.3 is 0 Å². The highest BCUT2D eigenvalue weighted by molar-refractivity contribution is 5.15. The summed E-state index contributed by atoms with van der Waals surface area (Å²) in [4.78, 5) is 4.57. The van der Waals surface area contributed by atoms with Crippen molar-refractivity contribution in [3.05, 3.63) is 30.1 Å². The molecular weight excluding hydrogens is 206 g/mol. The van der Waals surface area contributed by atoms with Crippen molar-refractivity contribution in [2.75, 3.05) is 0 Å². The second-order valence-electron chi connectivity index (χ2n) is 5.34. The molecule has 0 aromatic carbocycles. The lowest BCUT2D eigenvalue weighted by atomic mass is 9.77. The van der Waals surface area contributed by atoms with Gasteiger partial charge in [0.15, 0.2) is 0 Å². The maximum absolute atomic E-state index is 4.57. The Labute approximate surface area is 107 Å². The Hall–Kier alpha value is -0.850. The lowest BCUT2D eigenvalue weighted by Gasteiger charge is -2.29. The molecule has 1 unspecified atom stereocenters. The average molecular weight is 233 g/mol. The molecule has 0 bridgehead atoms. The fourth-order valence-corrected chi connectivity index (χ4v) is 2.59. The third kappa shape index (κ3) is 4.49. The van der Waals surface area contributed by atoms with E-state index in [4.69, 9.17) is 0 Å². The Morgan fingerprint density at radius 2 is 1.82 bits per heavy atom. The van der Waals surface area contributed by atoms with Gasteiger partial charge in [0.1, 0.15) is 0 Å². The Balaban J connectivity index is 2.62. The summed E-state index contributed by atoms with van der Waals surface area (Å²) in [7, 11) is 0. The van der Waals surface area contributed by atoms with Crippen LogP contribution in [0.3, 0.4) is 0 Å². The number of hydrogen-bond donors (Lipinski definition) is 0. The first-order valence-corrected chi connectivity index (χ1v) is 7.14. The molecular formula is C16H27N. The molecule has 96 valence electrons. The summed E-state index contributed by atoms with van der Waals surface area (Å²) in [5.41, 5.74) is 1.56. The number of pyridine rings is 1. The predicted molar refractivity (Wildman–Crippen MR) is 75.3 cm³/mol. The minimum Gasteiger partial charge on any atom is -0.261 e. The molecule has 0 spiro atoms. The molecule has 1 heterocycles. The van der Waals surface area contributed by atoms with Crippen molar-refractivity contribution in [2.24, 2.45) is 0 Å². The minimum absolute atomic E-state index is 0.281. The van der Waals surface area contributed by atoms with Crippen molar-refractivity contribution in [3.63, 3.8) is 0 Å². The largest absolute Gasteiger partial charge is 0.261 e. The van der Waals surface area contributed by atoms with E-state index in [0.29, 0.717) is 0 Å². The summed E-state index contributed by atoms with van der Waals surface area (Å²) in [6.45, 7) is 6.92. The van der Waals surface area contributed by atoms with Crippen LogP contribution >= 0.6 is 0 Å². The maximum Gasteiger partial charge on any atom is 0.0462 e. The minimum atomic E-state index is 0.281. The van der Waals surface area contributed by atoms with Crippen LogP contribution in [0.2, 0.25) is 0 Å². The van der Waals surface area contributed by atoms with Gasteiger partial charge in [0.25, 0.3) is 0 Å². The normalized spacial score (nSPS) is 14.5. The SMILES string of the molecule is CCCCCCC(C)(CCC)c1ccccn1. The van der Waals surface area contributed by atoms with Gasteiger partial charge in [-0.15, -0.1) is 0 Å². The van der Waals surface area contributed by atoms with Crippen LogP contribution in [0.25, 0.3) is 0 Å². The van der Waals surface area contributed by atoms with Gasteiger partial charge in [0, 0.05) is 17.3 Å². The standard InChI is InChI=1S/C16H27N/c1-4-6-7-9-13-16(3,12-5-2)15-11-8-10-14-17-15/h8,10-11,14H,4-7,9,12-13H2,1-3H3. The summed E-state index contributed by atoms with van der Waals surface area (Å²) in [6.07, 6.45) is 11.1. The van der Waals surface area contributed by atoms with E-state index < -0.39 is 0 Å². The van der Waals surface area contributed by atoms with Crippen LogP contribution in [0, 0.1) is 0 Å². The van der Waals surface area contributed by atoms with Gasteiger partial charge in [-0.3, -0.25) is 4.98 Å². The van der Waals surface area contributed by atoms with Crippen molar-refractivity contribution in [1.29, 1.82) is 0 Å². The van der Waals surface area contributed by atoms with E-state index in [0.717, 1.165) is 0 Å². The Bertz CT molecular complexity index is 294. The number of nitrogens with zero attached hydrogens (tertiary/aromatic N) is 1. The summed E-state index contributed by atoms with van der Waals surface area (Å²) in [6, 6.07) is 6.31. The van der Waals surface area contributed by atoms with Crippen molar-refractivity contribution in [1.82, 2.24) is 4.98 Å². The highest BCUT2D eigenvalue weighted by Crippen LogP contribution is 2.33. The van der Waals surface area contributed by atoms with E-state index in [-0.39, 0.29) is 5.41 Å². The van der Waals surface area contributed by atoms with Gasteiger partial charge >= 0.3 is 0 Å². The highest BCUT2D eigenvalue weighted by atomic mass is 14.7. The van der Waals surface area contributed by atoms with Gasteiger partial charge in [-0.25, -0.2) is 0 Å². The molecule has 1 atom stereocenters. The lowest BCUT2D eigenvalue weighted by Crippen LogP contribution is -2.23. The van der Waals surface area contributed by atoms with Gasteiger partial charge in [-0.05, 0) is 25.0 Å².